The zero-order valence-electron chi connectivity index (χ0n) is 12.4. The summed E-state index contributed by atoms with van der Waals surface area (Å²) in [6.45, 7) is 6.61. The van der Waals surface area contributed by atoms with Crippen LogP contribution in [0.3, 0.4) is 0 Å². The molecule has 1 aromatic carbocycles. The zero-order chi connectivity index (χ0) is 15.1. The fourth-order valence-electron chi connectivity index (χ4n) is 2.34. The summed E-state index contributed by atoms with van der Waals surface area (Å²) in [6, 6.07) is 3.51. The molecule has 0 aliphatic heterocycles. The smallest absolute Gasteiger partial charge is 0.223 e. The highest BCUT2D eigenvalue weighted by Crippen LogP contribution is 2.19. The molecule has 1 N–H and O–H groups in total. The number of hydrogen-bond donors (Lipinski definition) is 1. The third-order valence-corrected chi connectivity index (χ3v) is 3.18. The SMILES string of the molecule is CCNC(=O)C(CCc1cc(F)cc(F)c1)CC(C)C. The molecule has 0 saturated carbocycles. The van der Waals surface area contributed by atoms with Crippen LogP contribution < -0.4 is 5.32 Å². The van der Waals surface area contributed by atoms with Crippen LogP contribution in [-0.2, 0) is 11.2 Å². The lowest BCUT2D eigenvalue weighted by atomic mass is 9.90. The van der Waals surface area contributed by atoms with E-state index in [1.54, 1.807) is 0 Å². The zero-order valence-corrected chi connectivity index (χ0v) is 12.4. The quantitative estimate of drug-likeness (QED) is 0.812. The Morgan fingerprint density at radius 1 is 1.20 bits per heavy atom. The van der Waals surface area contributed by atoms with Gasteiger partial charge in [-0.05, 0) is 49.8 Å². The number of carbonyl (C=O) groups excluding carboxylic acids is 1. The minimum atomic E-state index is -0.571. The minimum absolute atomic E-state index is 0.0260. The van der Waals surface area contributed by atoms with Crippen molar-refractivity contribution in [2.45, 2.75) is 40.0 Å². The van der Waals surface area contributed by atoms with Crippen molar-refractivity contribution in [1.82, 2.24) is 5.32 Å². The number of benzene rings is 1. The second-order valence-electron chi connectivity index (χ2n) is 5.54. The Balaban J connectivity index is 2.67. The molecule has 0 saturated heterocycles. The van der Waals surface area contributed by atoms with E-state index in [9.17, 15) is 13.6 Å². The Kier molecular flexibility index (Phi) is 6.62. The highest BCUT2D eigenvalue weighted by atomic mass is 19.1. The molecule has 1 aromatic rings. The molecule has 0 aliphatic carbocycles. The third kappa shape index (κ3) is 5.68. The van der Waals surface area contributed by atoms with E-state index in [1.165, 1.54) is 12.1 Å². The van der Waals surface area contributed by atoms with Crippen LogP contribution in [0.25, 0.3) is 0 Å². The molecule has 1 rings (SSSR count). The van der Waals surface area contributed by atoms with Crippen LogP contribution in [0, 0.1) is 23.5 Å². The Morgan fingerprint density at radius 2 is 1.80 bits per heavy atom. The lowest BCUT2D eigenvalue weighted by molar-refractivity contribution is -0.125. The van der Waals surface area contributed by atoms with Gasteiger partial charge in [-0.15, -0.1) is 0 Å². The van der Waals surface area contributed by atoms with E-state index in [1.807, 2.05) is 6.92 Å². The average molecular weight is 283 g/mol. The largest absolute Gasteiger partial charge is 0.356 e. The molecule has 0 fully saturated rings. The van der Waals surface area contributed by atoms with Crippen molar-refractivity contribution in [1.29, 1.82) is 0 Å². The van der Waals surface area contributed by atoms with Crippen molar-refractivity contribution in [3.05, 3.63) is 35.4 Å². The van der Waals surface area contributed by atoms with Crippen LogP contribution in [0.5, 0.6) is 0 Å². The van der Waals surface area contributed by atoms with Gasteiger partial charge in [0, 0.05) is 18.5 Å². The molecule has 0 aliphatic rings. The molecule has 0 radical (unpaired) electrons. The topological polar surface area (TPSA) is 29.1 Å². The molecule has 0 spiro atoms. The van der Waals surface area contributed by atoms with E-state index >= 15 is 0 Å². The molecular weight excluding hydrogens is 260 g/mol. The number of carbonyl (C=O) groups is 1. The average Bonchev–Trinajstić information content (AvgIpc) is 2.33. The van der Waals surface area contributed by atoms with Crippen LogP contribution in [0.4, 0.5) is 8.78 Å². The number of hydrogen-bond acceptors (Lipinski definition) is 1. The number of aryl methyl sites for hydroxylation is 1. The Bertz CT molecular complexity index is 426. The van der Waals surface area contributed by atoms with Gasteiger partial charge in [0.25, 0.3) is 0 Å². The maximum Gasteiger partial charge on any atom is 0.223 e. The molecule has 0 aromatic heterocycles. The summed E-state index contributed by atoms with van der Waals surface area (Å²) >= 11 is 0. The molecule has 20 heavy (non-hydrogen) atoms. The number of nitrogens with one attached hydrogen (secondary N) is 1. The van der Waals surface area contributed by atoms with E-state index in [0.29, 0.717) is 30.9 Å². The van der Waals surface area contributed by atoms with Crippen LogP contribution in [0.15, 0.2) is 18.2 Å². The van der Waals surface area contributed by atoms with Crippen molar-refractivity contribution in [3.8, 4) is 0 Å². The predicted octanol–water partition coefficient (Wildman–Crippen LogP) is 3.70. The fourth-order valence-corrected chi connectivity index (χ4v) is 2.34. The lowest BCUT2D eigenvalue weighted by Gasteiger charge is -2.18. The fraction of sp³-hybridized carbons (Fsp3) is 0.562. The first-order valence-corrected chi connectivity index (χ1v) is 7.15. The van der Waals surface area contributed by atoms with Gasteiger partial charge in [0.1, 0.15) is 11.6 Å². The van der Waals surface area contributed by atoms with Gasteiger partial charge in [-0.1, -0.05) is 13.8 Å². The highest BCUT2D eigenvalue weighted by Gasteiger charge is 2.19. The molecule has 0 heterocycles. The van der Waals surface area contributed by atoms with Crippen molar-refractivity contribution in [3.63, 3.8) is 0 Å². The molecular formula is C16H23F2NO. The maximum atomic E-state index is 13.1. The summed E-state index contributed by atoms with van der Waals surface area (Å²) in [5, 5.41) is 2.82. The molecule has 1 atom stereocenters. The van der Waals surface area contributed by atoms with E-state index in [0.717, 1.165) is 12.5 Å². The summed E-state index contributed by atoms with van der Waals surface area (Å²) < 4.78 is 26.2. The number of rotatable bonds is 7. The van der Waals surface area contributed by atoms with Crippen LogP contribution in [0.1, 0.15) is 39.2 Å². The van der Waals surface area contributed by atoms with Crippen molar-refractivity contribution >= 4 is 5.91 Å². The summed E-state index contributed by atoms with van der Waals surface area (Å²) in [4.78, 5) is 12.0. The third-order valence-electron chi connectivity index (χ3n) is 3.18. The standard InChI is InChI=1S/C16H23F2NO/c1-4-19-16(20)13(7-11(2)3)6-5-12-8-14(17)10-15(18)9-12/h8-11,13H,4-7H2,1-3H3,(H,19,20). The summed E-state index contributed by atoms with van der Waals surface area (Å²) in [5.41, 5.74) is 0.598. The van der Waals surface area contributed by atoms with Gasteiger partial charge in [0.15, 0.2) is 0 Å². The van der Waals surface area contributed by atoms with Gasteiger partial charge < -0.3 is 5.32 Å². The van der Waals surface area contributed by atoms with Crippen molar-refractivity contribution in [2.24, 2.45) is 11.8 Å². The van der Waals surface area contributed by atoms with Crippen molar-refractivity contribution < 1.29 is 13.6 Å². The van der Waals surface area contributed by atoms with E-state index in [-0.39, 0.29) is 11.8 Å². The van der Waals surface area contributed by atoms with Gasteiger partial charge in [-0.2, -0.15) is 0 Å². The minimum Gasteiger partial charge on any atom is -0.356 e. The first kappa shape index (κ1) is 16.6. The second-order valence-corrected chi connectivity index (χ2v) is 5.54. The van der Waals surface area contributed by atoms with Crippen molar-refractivity contribution in [2.75, 3.05) is 6.54 Å². The molecule has 2 nitrogen and oxygen atoms in total. The van der Waals surface area contributed by atoms with E-state index in [4.69, 9.17) is 0 Å². The van der Waals surface area contributed by atoms with E-state index < -0.39 is 11.6 Å². The van der Waals surface area contributed by atoms with Crippen LogP contribution in [0.2, 0.25) is 0 Å². The normalized spacial score (nSPS) is 12.5. The van der Waals surface area contributed by atoms with E-state index in [2.05, 4.69) is 19.2 Å². The number of amides is 1. The maximum absolute atomic E-state index is 13.1. The van der Waals surface area contributed by atoms with Crippen LogP contribution in [-0.4, -0.2) is 12.5 Å². The molecule has 4 heteroatoms. The lowest BCUT2D eigenvalue weighted by Crippen LogP contribution is -2.31. The Hall–Kier alpha value is -1.45. The van der Waals surface area contributed by atoms with Gasteiger partial charge in [0.05, 0.1) is 0 Å². The Labute approximate surface area is 119 Å². The number of halogens is 2. The molecule has 1 amide bonds. The summed E-state index contributed by atoms with van der Waals surface area (Å²) in [6.07, 6.45) is 1.89. The van der Waals surface area contributed by atoms with Gasteiger partial charge in [-0.25, -0.2) is 8.78 Å². The predicted molar refractivity (Wildman–Crippen MR) is 76.3 cm³/mol. The molecule has 1 unspecified atom stereocenters. The van der Waals surface area contributed by atoms with Gasteiger partial charge >= 0.3 is 0 Å². The highest BCUT2D eigenvalue weighted by molar-refractivity contribution is 5.78. The second kappa shape index (κ2) is 7.98. The summed E-state index contributed by atoms with van der Waals surface area (Å²) in [5.74, 6) is -0.817. The van der Waals surface area contributed by atoms with Crippen LogP contribution >= 0.6 is 0 Å². The van der Waals surface area contributed by atoms with Gasteiger partial charge in [0.2, 0.25) is 5.91 Å². The van der Waals surface area contributed by atoms with Gasteiger partial charge in [-0.3, -0.25) is 4.79 Å². The molecule has 112 valence electrons. The summed E-state index contributed by atoms with van der Waals surface area (Å²) in [7, 11) is 0. The monoisotopic (exact) mass is 283 g/mol. The molecule has 0 bridgehead atoms. The first-order valence-electron chi connectivity index (χ1n) is 7.15. The Morgan fingerprint density at radius 3 is 2.30 bits per heavy atom. The first-order chi connectivity index (χ1) is 9.42.